The Morgan fingerprint density at radius 2 is 1.94 bits per heavy atom. The first kappa shape index (κ1) is 23.9. The number of hydrogen-bond donors (Lipinski definition) is 4. The van der Waals surface area contributed by atoms with Gasteiger partial charge in [-0.05, 0) is 69.9 Å². The quantitative estimate of drug-likeness (QED) is 0.512. The number of carbonyl (C=O) groups excluding carboxylic acids is 1. The number of aromatic nitrogens is 2. The van der Waals surface area contributed by atoms with Crippen molar-refractivity contribution in [2.75, 3.05) is 30.4 Å². The summed E-state index contributed by atoms with van der Waals surface area (Å²) in [6, 6.07) is 5.69. The Kier molecular flexibility index (Phi) is 6.73. The van der Waals surface area contributed by atoms with Crippen LogP contribution in [0.5, 0.6) is 0 Å². The van der Waals surface area contributed by atoms with Gasteiger partial charge in [-0.2, -0.15) is 4.98 Å². The third-order valence-electron chi connectivity index (χ3n) is 5.89. The minimum atomic E-state index is -1.08. The molecule has 0 bridgehead atoms. The van der Waals surface area contributed by atoms with Crippen LogP contribution < -0.4 is 21.7 Å². The maximum Gasteiger partial charge on any atom is 0.254 e. The monoisotopic (exact) mass is 442 g/mol. The van der Waals surface area contributed by atoms with E-state index in [1.165, 1.54) is 6.20 Å². The molecule has 1 atom stereocenters. The van der Waals surface area contributed by atoms with Gasteiger partial charge in [0.25, 0.3) is 5.91 Å². The largest absolute Gasteiger partial charge is 0.386 e. The summed E-state index contributed by atoms with van der Waals surface area (Å²) in [6.07, 6.45) is 3.35. The van der Waals surface area contributed by atoms with E-state index in [0.717, 1.165) is 24.9 Å². The number of ether oxygens (including phenoxy) is 1. The number of methoxy groups -OCH3 is 1. The Morgan fingerprint density at radius 3 is 2.53 bits per heavy atom. The summed E-state index contributed by atoms with van der Waals surface area (Å²) in [6.45, 7) is 8.76. The van der Waals surface area contributed by atoms with Crippen LogP contribution in [0.3, 0.4) is 0 Å². The number of nitrogens with one attached hydrogen (secondary N) is 1. The van der Waals surface area contributed by atoms with Gasteiger partial charge in [-0.15, -0.1) is 0 Å². The fourth-order valence-electron chi connectivity index (χ4n) is 3.65. The van der Waals surface area contributed by atoms with Crippen molar-refractivity contribution in [3.63, 3.8) is 0 Å². The number of benzene rings is 1. The molecule has 0 saturated carbocycles. The van der Waals surface area contributed by atoms with E-state index in [2.05, 4.69) is 15.3 Å². The zero-order valence-corrected chi connectivity index (χ0v) is 19.5. The van der Waals surface area contributed by atoms with Crippen molar-refractivity contribution in [3.05, 3.63) is 41.1 Å². The Morgan fingerprint density at radius 1 is 1.25 bits per heavy atom. The molecular weight excluding hydrogens is 408 g/mol. The molecule has 3 rings (SSSR count). The van der Waals surface area contributed by atoms with Crippen LogP contribution in [0.1, 0.15) is 62.0 Å². The lowest BCUT2D eigenvalue weighted by atomic mass is 9.90. The Bertz CT molecular complexity index is 986. The van der Waals surface area contributed by atoms with Crippen molar-refractivity contribution in [1.29, 1.82) is 0 Å². The number of anilines is 3. The number of nitrogens with two attached hydrogens (primary N) is 2. The molecule has 2 heterocycles. The van der Waals surface area contributed by atoms with Crippen LogP contribution in [0, 0.1) is 0 Å². The van der Waals surface area contributed by atoms with Crippen LogP contribution in [-0.4, -0.2) is 47.2 Å². The second-order valence-corrected chi connectivity index (χ2v) is 9.34. The number of aliphatic hydroxyl groups is 1. The predicted molar refractivity (Wildman–Crippen MR) is 125 cm³/mol. The average Bonchev–Trinajstić information content (AvgIpc) is 2.72. The number of rotatable bonds is 7. The SMILES string of the molecule is COC(C)(C)c1cc(Nc2nc(N3CCC[C@H](N)C3)ncc2C(N)=O)cc(C(C)(C)O)c1. The number of amides is 1. The molecule has 1 aromatic heterocycles. The first-order chi connectivity index (χ1) is 14.9. The van der Waals surface area contributed by atoms with Crippen LogP contribution in [0.4, 0.5) is 17.5 Å². The molecule has 0 aliphatic carbocycles. The Balaban J connectivity index is 2.05. The third-order valence-corrected chi connectivity index (χ3v) is 5.89. The summed E-state index contributed by atoms with van der Waals surface area (Å²) in [5, 5.41) is 13.9. The highest BCUT2D eigenvalue weighted by molar-refractivity contribution is 5.98. The molecule has 1 aliphatic rings. The summed E-state index contributed by atoms with van der Waals surface area (Å²) in [4.78, 5) is 23.0. The second-order valence-electron chi connectivity index (χ2n) is 9.34. The second kappa shape index (κ2) is 9.01. The molecule has 9 heteroatoms. The van der Waals surface area contributed by atoms with Gasteiger partial charge >= 0.3 is 0 Å². The van der Waals surface area contributed by atoms with E-state index in [1.807, 2.05) is 36.9 Å². The molecule has 0 unspecified atom stereocenters. The molecule has 1 amide bonds. The number of hydrogen-bond acceptors (Lipinski definition) is 8. The van der Waals surface area contributed by atoms with Gasteiger partial charge in [0.15, 0.2) is 0 Å². The Hall–Kier alpha value is -2.75. The first-order valence-electron chi connectivity index (χ1n) is 10.8. The van der Waals surface area contributed by atoms with E-state index >= 15 is 0 Å². The van der Waals surface area contributed by atoms with Crippen molar-refractivity contribution in [2.24, 2.45) is 11.5 Å². The maximum absolute atomic E-state index is 12.1. The molecule has 1 aromatic carbocycles. The summed E-state index contributed by atoms with van der Waals surface area (Å²) >= 11 is 0. The standard InChI is InChI=1S/C23H34N6O3/c1-22(2,31)14-9-15(23(3,4)32-5)11-17(10-14)27-20-18(19(25)30)12-26-21(28-20)29-8-6-7-16(24)13-29/h9-12,16,31H,6-8,13,24H2,1-5H3,(H2,25,30)(H,26,27,28)/t16-/m0/s1. The van der Waals surface area contributed by atoms with E-state index < -0.39 is 17.1 Å². The highest BCUT2D eigenvalue weighted by atomic mass is 16.5. The van der Waals surface area contributed by atoms with E-state index in [-0.39, 0.29) is 11.6 Å². The van der Waals surface area contributed by atoms with Crippen molar-refractivity contribution < 1.29 is 14.6 Å². The van der Waals surface area contributed by atoms with E-state index in [0.29, 0.717) is 29.6 Å². The van der Waals surface area contributed by atoms with Crippen molar-refractivity contribution in [1.82, 2.24) is 9.97 Å². The summed E-state index contributed by atoms with van der Waals surface area (Å²) < 4.78 is 5.64. The minimum absolute atomic E-state index is 0.0573. The fraction of sp³-hybridized carbons (Fsp3) is 0.522. The molecule has 9 nitrogen and oxygen atoms in total. The van der Waals surface area contributed by atoms with Gasteiger partial charge in [-0.25, -0.2) is 4.98 Å². The van der Waals surface area contributed by atoms with E-state index in [1.54, 1.807) is 21.0 Å². The lowest BCUT2D eigenvalue weighted by Gasteiger charge is -2.31. The van der Waals surface area contributed by atoms with Gasteiger partial charge in [0, 0.05) is 38.1 Å². The van der Waals surface area contributed by atoms with E-state index in [9.17, 15) is 9.90 Å². The minimum Gasteiger partial charge on any atom is -0.386 e. The van der Waals surface area contributed by atoms with E-state index in [4.69, 9.17) is 16.2 Å². The summed E-state index contributed by atoms with van der Waals surface area (Å²) in [7, 11) is 1.63. The normalized spacial score (nSPS) is 17.3. The van der Waals surface area contributed by atoms with Crippen molar-refractivity contribution in [3.8, 4) is 0 Å². The zero-order valence-electron chi connectivity index (χ0n) is 19.5. The van der Waals surface area contributed by atoms with Gasteiger partial charge in [-0.1, -0.05) is 0 Å². The van der Waals surface area contributed by atoms with Crippen LogP contribution in [-0.2, 0) is 15.9 Å². The highest BCUT2D eigenvalue weighted by Gasteiger charge is 2.26. The highest BCUT2D eigenvalue weighted by Crippen LogP contribution is 2.33. The molecule has 32 heavy (non-hydrogen) atoms. The van der Waals surface area contributed by atoms with Gasteiger partial charge in [0.1, 0.15) is 11.4 Å². The molecular formula is C23H34N6O3. The third kappa shape index (κ3) is 5.35. The van der Waals surface area contributed by atoms with Crippen molar-refractivity contribution >= 4 is 23.4 Å². The molecule has 174 valence electrons. The molecule has 1 aliphatic heterocycles. The number of carbonyl (C=O) groups is 1. The number of piperidine rings is 1. The smallest absolute Gasteiger partial charge is 0.254 e. The lowest BCUT2D eigenvalue weighted by molar-refractivity contribution is 0.0186. The maximum atomic E-state index is 12.1. The van der Waals surface area contributed by atoms with Crippen molar-refractivity contribution in [2.45, 2.75) is 57.8 Å². The fourth-order valence-corrected chi connectivity index (χ4v) is 3.65. The topological polar surface area (TPSA) is 140 Å². The molecule has 6 N–H and O–H groups in total. The lowest BCUT2D eigenvalue weighted by Crippen LogP contribution is -2.43. The van der Waals surface area contributed by atoms with Crippen LogP contribution in [0.15, 0.2) is 24.4 Å². The Labute approximate surface area is 189 Å². The molecule has 2 aromatic rings. The van der Waals surface area contributed by atoms with Gasteiger partial charge < -0.3 is 31.5 Å². The van der Waals surface area contributed by atoms with Crippen LogP contribution >= 0.6 is 0 Å². The molecule has 1 fully saturated rings. The first-order valence-corrected chi connectivity index (χ1v) is 10.8. The predicted octanol–water partition coefficient (Wildman–Crippen LogP) is 2.36. The van der Waals surface area contributed by atoms with Crippen LogP contribution in [0.25, 0.3) is 0 Å². The average molecular weight is 443 g/mol. The number of nitrogens with zero attached hydrogens (tertiary/aromatic N) is 3. The summed E-state index contributed by atoms with van der Waals surface area (Å²) in [5.74, 6) is 0.157. The molecule has 0 spiro atoms. The zero-order chi connectivity index (χ0) is 23.7. The van der Waals surface area contributed by atoms with Crippen LogP contribution in [0.2, 0.25) is 0 Å². The number of primary amides is 1. The van der Waals surface area contributed by atoms with Gasteiger partial charge in [0.05, 0.1) is 11.2 Å². The molecule has 1 saturated heterocycles. The molecule has 0 radical (unpaired) electrons. The van der Waals surface area contributed by atoms with Gasteiger partial charge in [0.2, 0.25) is 5.95 Å². The summed E-state index contributed by atoms with van der Waals surface area (Å²) in [5.41, 5.74) is 12.4. The van der Waals surface area contributed by atoms with Gasteiger partial charge in [-0.3, -0.25) is 4.79 Å².